The first-order valence-electron chi connectivity index (χ1n) is 10.4. The average molecular weight is 463 g/mol. The minimum atomic E-state index is -2.69. The second kappa shape index (κ2) is 9.11. The summed E-state index contributed by atoms with van der Waals surface area (Å²) in [6.07, 6.45) is 3.44. The maximum absolute atomic E-state index is 14.0. The number of alkyl halides is 2. The first-order valence-corrected chi connectivity index (χ1v) is 11.3. The molecule has 33 heavy (non-hydrogen) atoms. The van der Waals surface area contributed by atoms with Crippen LogP contribution in [0.5, 0.6) is 0 Å². The fourth-order valence-electron chi connectivity index (χ4n) is 3.76. The third-order valence-electron chi connectivity index (χ3n) is 5.28. The monoisotopic (exact) mass is 462 g/mol. The molecule has 0 bridgehead atoms. The second-order valence-electron chi connectivity index (χ2n) is 7.49. The van der Waals surface area contributed by atoms with E-state index in [0.29, 0.717) is 34.4 Å². The molecule has 3 aromatic heterocycles. The molecule has 0 spiro atoms. The molecule has 166 valence electrons. The van der Waals surface area contributed by atoms with Gasteiger partial charge < -0.3 is 0 Å². The van der Waals surface area contributed by atoms with Crippen LogP contribution in [0.15, 0.2) is 84.3 Å². The molecule has 6 nitrogen and oxygen atoms in total. The Bertz CT molecular complexity index is 1370. The van der Waals surface area contributed by atoms with Crippen molar-refractivity contribution in [1.82, 2.24) is 29.3 Å². The standard InChI is InChI=1S/C24H20F2N6S/c1-16(21-28-19-11-5-6-12-20(19)32(21)23(25)26)33-24-30-29-22(18-10-7-13-27-14-18)31(24)15-17-8-3-2-4-9-17/h2-14,16,23H,15H2,1H3. The minimum Gasteiger partial charge on any atom is -0.297 e. The highest BCUT2D eigenvalue weighted by atomic mass is 32.2. The molecule has 0 aliphatic carbocycles. The summed E-state index contributed by atoms with van der Waals surface area (Å²) in [7, 11) is 0. The molecule has 0 N–H and O–H groups in total. The fourth-order valence-corrected chi connectivity index (χ4v) is 4.71. The molecule has 0 fully saturated rings. The Morgan fingerprint density at radius 2 is 1.73 bits per heavy atom. The average Bonchev–Trinajstić information content (AvgIpc) is 3.42. The molecule has 5 rings (SSSR count). The van der Waals surface area contributed by atoms with Gasteiger partial charge in [-0.15, -0.1) is 10.2 Å². The number of rotatable bonds is 7. The molecule has 9 heteroatoms. The van der Waals surface area contributed by atoms with Gasteiger partial charge in [-0.1, -0.05) is 54.2 Å². The van der Waals surface area contributed by atoms with E-state index in [4.69, 9.17) is 0 Å². The molecule has 0 aliphatic heterocycles. The number of pyridine rings is 1. The van der Waals surface area contributed by atoms with Crippen LogP contribution in [0.3, 0.4) is 0 Å². The Morgan fingerprint density at radius 1 is 0.939 bits per heavy atom. The molecule has 3 heterocycles. The van der Waals surface area contributed by atoms with Crippen molar-refractivity contribution in [3.05, 3.63) is 90.5 Å². The Labute approximate surface area is 193 Å². The zero-order chi connectivity index (χ0) is 22.8. The lowest BCUT2D eigenvalue weighted by Crippen LogP contribution is -2.08. The van der Waals surface area contributed by atoms with Crippen molar-refractivity contribution in [3.8, 4) is 11.4 Å². The van der Waals surface area contributed by atoms with E-state index in [1.54, 1.807) is 36.7 Å². The van der Waals surface area contributed by atoms with Crippen molar-refractivity contribution in [2.45, 2.75) is 30.4 Å². The van der Waals surface area contributed by atoms with E-state index in [9.17, 15) is 8.78 Å². The van der Waals surface area contributed by atoms with Crippen LogP contribution in [-0.2, 0) is 6.54 Å². The Morgan fingerprint density at radius 3 is 2.48 bits per heavy atom. The van der Waals surface area contributed by atoms with Gasteiger partial charge in [0, 0.05) is 18.0 Å². The number of nitrogens with zero attached hydrogens (tertiary/aromatic N) is 6. The van der Waals surface area contributed by atoms with Crippen LogP contribution in [-0.4, -0.2) is 29.3 Å². The number of fused-ring (bicyclic) bond motifs is 1. The molecular formula is C24H20F2N6S. The lowest BCUT2D eigenvalue weighted by atomic mass is 10.2. The smallest absolute Gasteiger partial charge is 0.297 e. The van der Waals surface area contributed by atoms with E-state index < -0.39 is 6.55 Å². The summed E-state index contributed by atoms with van der Waals surface area (Å²) in [6.45, 7) is -0.294. The molecular weight excluding hydrogens is 442 g/mol. The number of benzene rings is 2. The first kappa shape index (κ1) is 21.3. The van der Waals surface area contributed by atoms with E-state index in [1.165, 1.54) is 11.8 Å². The maximum atomic E-state index is 14.0. The van der Waals surface area contributed by atoms with Gasteiger partial charge in [0.1, 0.15) is 5.82 Å². The number of hydrogen-bond acceptors (Lipinski definition) is 5. The minimum absolute atomic E-state index is 0.299. The summed E-state index contributed by atoms with van der Waals surface area (Å²) < 4.78 is 30.9. The molecule has 5 aromatic rings. The van der Waals surface area contributed by atoms with Crippen LogP contribution in [0.2, 0.25) is 0 Å². The van der Waals surface area contributed by atoms with Crippen LogP contribution >= 0.6 is 11.8 Å². The predicted octanol–water partition coefficient (Wildman–Crippen LogP) is 5.99. The van der Waals surface area contributed by atoms with Gasteiger partial charge in [0.15, 0.2) is 11.0 Å². The third kappa shape index (κ3) is 4.23. The van der Waals surface area contributed by atoms with Gasteiger partial charge in [-0.05, 0) is 36.8 Å². The quantitative estimate of drug-likeness (QED) is 0.278. The van der Waals surface area contributed by atoms with E-state index in [2.05, 4.69) is 20.2 Å². The van der Waals surface area contributed by atoms with Gasteiger partial charge in [0.25, 0.3) is 0 Å². The zero-order valence-electron chi connectivity index (χ0n) is 17.7. The topological polar surface area (TPSA) is 61.4 Å². The molecule has 1 unspecified atom stereocenters. The first-order chi connectivity index (χ1) is 16.1. The molecule has 0 saturated heterocycles. The van der Waals surface area contributed by atoms with Crippen molar-refractivity contribution in [2.24, 2.45) is 0 Å². The molecule has 0 radical (unpaired) electrons. The lowest BCUT2D eigenvalue weighted by Gasteiger charge is -2.15. The van der Waals surface area contributed by atoms with Crippen molar-refractivity contribution in [2.75, 3.05) is 0 Å². The summed E-state index contributed by atoms with van der Waals surface area (Å²) in [5.74, 6) is 0.970. The van der Waals surface area contributed by atoms with E-state index in [0.717, 1.165) is 15.7 Å². The van der Waals surface area contributed by atoms with Crippen molar-refractivity contribution in [1.29, 1.82) is 0 Å². The van der Waals surface area contributed by atoms with Gasteiger partial charge >= 0.3 is 6.55 Å². The zero-order valence-corrected chi connectivity index (χ0v) is 18.5. The summed E-state index contributed by atoms with van der Waals surface area (Å²) in [6, 6.07) is 20.7. The van der Waals surface area contributed by atoms with Crippen molar-refractivity contribution < 1.29 is 8.78 Å². The van der Waals surface area contributed by atoms with Gasteiger partial charge in [-0.2, -0.15) is 8.78 Å². The van der Waals surface area contributed by atoms with Crippen LogP contribution in [0.1, 0.15) is 30.1 Å². The number of aromatic nitrogens is 6. The summed E-state index contributed by atoms with van der Waals surface area (Å²) in [4.78, 5) is 8.70. The summed E-state index contributed by atoms with van der Waals surface area (Å²) in [5, 5.41) is 9.05. The Balaban J connectivity index is 1.54. The van der Waals surface area contributed by atoms with Crippen molar-refractivity contribution in [3.63, 3.8) is 0 Å². The SMILES string of the molecule is CC(Sc1nnc(-c2cccnc2)n1Cc1ccccc1)c1nc2ccccc2n1C(F)F. The molecule has 0 amide bonds. The highest BCUT2D eigenvalue weighted by Gasteiger charge is 2.25. The van der Waals surface area contributed by atoms with Gasteiger partial charge in [-0.25, -0.2) is 4.98 Å². The number of para-hydroxylation sites is 2. The lowest BCUT2D eigenvalue weighted by molar-refractivity contribution is 0.0715. The third-order valence-corrected chi connectivity index (χ3v) is 6.36. The number of hydrogen-bond donors (Lipinski definition) is 0. The summed E-state index contributed by atoms with van der Waals surface area (Å²) >= 11 is 1.36. The van der Waals surface area contributed by atoms with Crippen LogP contribution in [0.25, 0.3) is 22.4 Å². The summed E-state index contributed by atoms with van der Waals surface area (Å²) in [5.41, 5.74) is 2.87. The number of thioether (sulfide) groups is 1. The second-order valence-corrected chi connectivity index (χ2v) is 8.79. The fraction of sp³-hybridized carbons (Fsp3) is 0.167. The van der Waals surface area contributed by atoms with E-state index >= 15 is 0 Å². The number of halogens is 2. The van der Waals surface area contributed by atoms with Crippen LogP contribution in [0, 0.1) is 0 Å². The largest absolute Gasteiger partial charge is 0.320 e. The van der Waals surface area contributed by atoms with E-state index in [1.807, 2.05) is 54.0 Å². The van der Waals surface area contributed by atoms with Gasteiger partial charge in [0.05, 0.1) is 22.8 Å². The van der Waals surface area contributed by atoms with Crippen molar-refractivity contribution >= 4 is 22.8 Å². The van der Waals surface area contributed by atoms with Gasteiger partial charge in [-0.3, -0.25) is 14.1 Å². The van der Waals surface area contributed by atoms with E-state index in [-0.39, 0.29) is 5.25 Å². The predicted molar refractivity (Wildman–Crippen MR) is 124 cm³/mol. The highest BCUT2D eigenvalue weighted by Crippen LogP contribution is 2.38. The van der Waals surface area contributed by atoms with Gasteiger partial charge in [0.2, 0.25) is 0 Å². The molecule has 0 aliphatic rings. The highest BCUT2D eigenvalue weighted by molar-refractivity contribution is 7.99. The molecule has 0 saturated carbocycles. The Hall–Kier alpha value is -3.59. The maximum Gasteiger partial charge on any atom is 0.320 e. The van der Waals surface area contributed by atoms with Crippen LogP contribution in [0.4, 0.5) is 8.78 Å². The normalized spacial score (nSPS) is 12.5. The number of imidazole rings is 1. The Kier molecular flexibility index (Phi) is 5.87. The molecule has 1 atom stereocenters. The molecule has 2 aromatic carbocycles. The van der Waals surface area contributed by atoms with Crippen LogP contribution < -0.4 is 0 Å².